The van der Waals surface area contributed by atoms with Gasteiger partial charge in [-0.2, -0.15) is 26.9 Å². The van der Waals surface area contributed by atoms with Gasteiger partial charge in [-0.25, -0.2) is 0 Å². The Balaban J connectivity index is 2.26. The normalized spacial score (nSPS) is 12.2. The molecular weight excluding hydrogens is 435 g/mol. The van der Waals surface area contributed by atoms with Crippen LogP contribution in [0.2, 0.25) is 5.02 Å². The van der Waals surface area contributed by atoms with E-state index in [9.17, 15) is 26.4 Å². The van der Waals surface area contributed by atoms with Crippen LogP contribution in [0.15, 0.2) is 59.1 Å². The van der Waals surface area contributed by atoms with Crippen molar-refractivity contribution in [2.24, 2.45) is 0 Å². The average molecular weight is 446 g/mol. The number of alkyl halides is 3. The molecule has 2 aromatic carbocycles. The highest BCUT2D eigenvalue weighted by atomic mass is 35.5. The van der Waals surface area contributed by atoms with Crippen molar-refractivity contribution >= 4 is 39.0 Å². The molecule has 0 atom stereocenters. The molecule has 152 valence electrons. The van der Waals surface area contributed by atoms with E-state index >= 15 is 0 Å². The molecule has 0 saturated carbocycles. The number of hydrogen-bond donors (Lipinski definition) is 3. The predicted octanol–water partition coefficient (Wildman–Crippen LogP) is 4.06. The lowest BCUT2D eigenvalue weighted by Crippen LogP contribution is -2.15. The molecule has 1 amide bonds. The Morgan fingerprint density at radius 2 is 1.90 bits per heavy atom. The molecule has 0 aliphatic rings. The smallest absolute Gasteiger partial charge is 0.360 e. The van der Waals surface area contributed by atoms with Crippen LogP contribution in [0.25, 0.3) is 0 Å². The van der Waals surface area contributed by atoms with Crippen molar-refractivity contribution in [1.29, 1.82) is 5.26 Å². The second-order valence-corrected chi connectivity index (χ2v) is 7.32. The van der Waals surface area contributed by atoms with E-state index in [2.05, 4.69) is 10.6 Å². The standard InChI is InChI=1S/C17H11ClF3N3O4S/c18-11-4-5-15(14(6-11)17(19,20)21)23-9-10(8-22)16(25)24-12-2-1-3-13(7-12)29(26,27)28/h1-7,9,23H,(H,24,25)(H,26,27,28)/b10-9-. The highest BCUT2D eigenvalue weighted by Gasteiger charge is 2.33. The van der Waals surface area contributed by atoms with Crippen molar-refractivity contribution in [2.75, 3.05) is 10.6 Å². The lowest BCUT2D eigenvalue weighted by atomic mass is 10.1. The zero-order valence-electron chi connectivity index (χ0n) is 14.2. The summed E-state index contributed by atoms with van der Waals surface area (Å²) in [5.74, 6) is -1.02. The van der Waals surface area contributed by atoms with Gasteiger partial charge in [-0.15, -0.1) is 0 Å². The summed E-state index contributed by atoms with van der Waals surface area (Å²) in [6.45, 7) is 0. The Kier molecular flexibility index (Phi) is 6.53. The Morgan fingerprint density at radius 3 is 2.48 bits per heavy atom. The summed E-state index contributed by atoms with van der Waals surface area (Å²) in [5, 5.41) is 13.4. The van der Waals surface area contributed by atoms with Crippen molar-refractivity contribution in [1.82, 2.24) is 0 Å². The number of hydrogen-bond acceptors (Lipinski definition) is 5. The molecule has 3 N–H and O–H groups in total. The Morgan fingerprint density at radius 1 is 1.21 bits per heavy atom. The van der Waals surface area contributed by atoms with Gasteiger partial charge in [-0.05, 0) is 36.4 Å². The number of carbonyl (C=O) groups is 1. The van der Waals surface area contributed by atoms with Gasteiger partial charge in [-0.1, -0.05) is 17.7 Å². The van der Waals surface area contributed by atoms with Gasteiger partial charge in [0.05, 0.1) is 16.1 Å². The first-order valence-corrected chi connectivity index (χ1v) is 9.36. The molecule has 0 heterocycles. The van der Waals surface area contributed by atoms with Gasteiger partial charge in [0.1, 0.15) is 11.6 Å². The molecule has 0 aromatic heterocycles. The van der Waals surface area contributed by atoms with Gasteiger partial charge in [0.15, 0.2) is 0 Å². The minimum atomic E-state index is -4.73. The molecule has 0 bridgehead atoms. The van der Waals surface area contributed by atoms with Crippen molar-refractivity contribution in [3.8, 4) is 6.07 Å². The molecule has 0 fully saturated rings. The van der Waals surface area contributed by atoms with E-state index in [1.807, 2.05) is 0 Å². The van der Waals surface area contributed by atoms with Gasteiger partial charge in [0.25, 0.3) is 16.0 Å². The van der Waals surface area contributed by atoms with E-state index in [1.165, 1.54) is 24.3 Å². The molecule has 29 heavy (non-hydrogen) atoms. The SMILES string of the molecule is N#C/C(=C/Nc1ccc(Cl)cc1C(F)(F)F)C(=O)Nc1cccc(S(=O)(=O)O)c1. The highest BCUT2D eigenvalue weighted by Crippen LogP contribution is 2.36. The van der Waals surface area contributed by atoms with Crippen molar-refractivity contribution in [3.05, 3.63) is 64.8 Å². The monoisotopic (exact) mass is 445 g/mol. The molecule has 0 aliphatic heterocycles. The van der Waals surface area contributed by atoms with E-state index < -0.39 is 43.9 Å². The zero-order valence-corrected chi connectivity index (χ0v) is 15.7. The van der Waals surface area contributed by atoms with Crippen LogP contribution in [0.4, 0.5) is 24.5 Å². The van der Waals surface area contributed by atoms with E-state index in [1.54, 1.807) is 0 Å². The number of nitrogens with zero attached hydrogens (tertiary/aromatic N) is 1. The summed E-state index contributed by atoms with van der Waals surface area (Å²) in [4.78, 5) is 11.7. The van der Waals surface area contributed by atoms with Crippen LogP contribution in [0.1, 0.15) is 5.56 Å². The summed E-state index contributed by atoms with van der Waals surface area (Å²) in [7, 11) is -4.52. The van der Waals surface area contributed by atoms with Crippen molar-refractivity contribution in [3.63, 3.8) is 0 Å². The van der Waals surface area contributed by atoms with E-state index in [0.29, 0.717) is 6.07 Å². The molecular formula is C17H11ClF3N3O4S. The topological polar surface area (TPSA) is 119 Å². The fourth-order valence-corrected chi connectivity index (χ4v) is 2.81. The summed E-state index contributed by atoms with van der Waals surface area (Å²) >= 11 is 5.58. The van der Waals surface area contributed by atoms with Crippen molar-refractivity contribution < 1.29 is 30.9 Å². The van der Waals surface area contributed by atoms with Gasteiger partial charge in [-0.3, -0.25) is 9.35 Å². The second kappa shape index (κ2) is 8.52. The van der Waals surface area contributed by atoms with Crippen LogP contribution in [0.3, 0.4) is 0 Å². The first-order valence-electron chi connectivity index (χ1n) is 7.54. The maximum atomic E-state index is 13.1. The number of benzene rings is 2. The first-order chi connectivity index (χ1) is 13.4. The number of carbonyl (C=O) groups excluding carboxylic acids is 1. The van der Waals surface area contributed by atoms with E-state index in [4.69, 9.17) is 21.4 Å². The maximum absolute atomic E-state index is 13.1. The van der Waals surface area contributed by atoms with Gasteiger partial charge in [0, 0.05) is 16.9 Å². The third kappa shape index (κ3) is 5.95. The quantitative estimate of drug-likeness (QED) is 0.362. The third-order valence-corrected chi connectivity index (χ3v) is 4.50. The van der Waals surface area contributed by atoms with Crippen LogP contribution in [-0.2, 0) is 21.1 Å². The molecule has 12 heteroatoms. The lowest BCUT2D eigenvalue weighted by molar-refractivity contribution is -0.136. The molecule has 2 rings (SSSR count). The fraction of sp³-hybridized carbons (Fsp3) is 0.0588. The molecule has 2 aromatic rings. The minimum Gasteiger partial charge on any atom is -0.360 e. The molecule has 0 spiro atoms. The van der Waals surface area contributed by atoms with Gasteiger partial charge < -0.3 is 10.6 Å². The number of rotatable bonds is 5. The first kappa shape index (κ1) is 22.2. The van der Waals surface area contributed by atoms with Crippen LogP contribution >= 0.6 is 11.6 Å². The zero-order chi connectivity index (χ0) is 21.8. The lowest BCUT2D eigenvalue weighted by Gasteiger charge is -2.13. The second-order valence-electron chi connectivity index (χ2n) is 5.46. The number of nitriles is 1. The average Bonchev–Trinajstić information content (AvgIpc) is 2.62. The Labute approximate surface area is 168 Å². The van der Waals surface area contributed by atoms with Crippen LogP contribution in [0.5, 0.6) is 0 Å². The highest BCUT2D eigenvalue weighted by molar-refractivity contribution is 7.85. The summed E-state index contributed by atoms with van der Waals surface area (Å²) < 4.78 is 70.5. The van der Waals surface area contributed by atoms with Gasteiger partial charge in [0.2, 0.25) is 0 Å². The number of halogens is 4. The van der Waals surface area contributed by atoms with Crippen LogP contribution in [-0.4, -0.2) is 18.9 Å². The number of nitrogens with one attached hydrogen (secondary N) is 2. The molecule has 0 aliphatic carbocycles. The number of anilines is 2. The fourth-order valence-electron chi connectivity index (χ4n) is 2.11. The van der Waals surface area contributed by atoms with Gasteiger partial charge >= 0.3 is 6.18 Å². The van der Waals surface area contributed by atoms with Crippen LogP contribution in [0, 0.1) is 11.3 Å². The third-order valence-electron chi connectivity index (χ3n) is 3.41. The van der Waals surface area contributed by atoms with Crippen LogP contribution < -0.4 is 10.6 Å². The molecule has 0 saturated heterocycles. The minimum absolute atomic E-state index is 0.0613. The largest absolute Gasteiger partial charge is 0.418 e. The van der Waals surface area contributed by atoms with E-state index in [0.717, 1.165) is 24.4 Å². The van der Waals surface area contributed by atoms with Crippen molar-refractivity contribution in [2.45, 2.75) is 11.1 Å². The van der Waals surface area contributed by atoms with E-state index in [-0.39, 0.29) is 10.7 Å². The number of amides is 1. The summed E-state index contributed by atoms with van der Waals surface area (Å²) in [5.41, 5.74) is -2.19. The summed E-state index contributed by atoms with van der Waals surface area (Å²) in [6, 6.07) is 8.97. The maximum Gasteiger partial charge on any atom is 0.418 e. The predicted molar refractivity (Wildman–Crippen MR) is 98.7 cm³/mol. The summed E-state index contributed by atoms with van der Waals surface area (Å²) in [6.07, 6.45) is -3.97. The molecule has 7 nitrogen and oxygen atoms in total. The molecule has 0 unspecified atom stereocenters. The Hall–Kier alpha value is -3.07. The molecule has 0 radical (unpaired) electrons. The Bertz CT molecular complexity index is 1130.